The number of rotatable bonds is 2. The highest BCUT2D eigenvalue weighted by atomic mass is 16.5. The second kappa shape index (κ2) is 4.54. The summed E-state index contributed by atoms with van der Waals surface area (Å²) in [4.78, 5) is 21.4. The first-order chi connectivity index (χ1) is 8.08. The minimum absolute atomic E-state index is 0.276. The first kappa shape index (κ1) is 11.6. The average molecular weight is 237 g/mol. The first-order valence-corrected chi connectivity index (χ1v) is 5.33. The average Bonchev–Trinajstić information content (AvgIpc) is 2.27. The molecule has 0 radical (unpaired) electrons. The number of carbonyl (C=O) groups excluding carboxylic acids is 1. The minimum atomic E-state index is -0.502. The van der Waals surface area contributed by atoms with E-state index in [4.69, 9.17) is 16.2 Å². The third-order valence-electron chi connectivity index (χ3n) is 2.60. The Kier molecular flexibility index (Phi) is 3.10. The van der Waals surface area contributed by atoms with E-state index in [1.165, 1.54) is 0 Å². The van der Waals surface area contributed by atoms with Gasteiger partial charge in [0, 0.05) is 12.6 Å². The SMILES string of the molecule is Cc1nc(N)cc(N2CCOCC2C(N)=O)n1. The van der Waals surface area contributed by atoms with E-state index < -0.39 is 11.9 Å². The Hall–Kier alpha value is -1.89. The van der Waals surface area contributed by atoms with Crippen molar-refractivity contribution in [3.8, 4) is 0 Å². The van der Waals surface area contributed by atoms with Crippen LogP contribution in [0.4, 0.5) is 11.6 Å². The largest absolute Gasteiger partial charge is 0.384 e. The summed E-state index contributed by atoms with van der Waals surface area (Å²) < 4.78 is 5.24. The van der Waals surface area contributed by atoms with Gasteiger partial charge in [0.15, 0.2) is 0 Å². The molecule has 0 bridgehead atoms. The third kappa shape index (κ3) is 2.44. The lowest BCUT2D eigenvalue weighted by molar-refractivity contribution is -0.121. The Morgan fingerprint density at radius 2 is 2.35 bits per heavy atom. The topological polar surface area (TPSA) is 107 Å². The zero-order valence-electron chi connectivity index (χ0n) is 9.59. The molecule has 2 rings (SSSR count). The highest BCUT2D eigenvalue weighted by molar-refractivity contribution is 5.83. The predicted octanol–water partition coefficient (Wildman–Crippen LogP) is -0.942. The normalized spacial score (nSPS) is 20.3. The van der Waals surface area contributed by atoms with Crippen LogP contribution in [0.25, 0.3) is 0 Å². The van der Waals surface area contributed by atoms with E-state index >= 15 is 0 Å². The van der Waals surface area contributed by atoms with Crippen molar-refractivity contribution in [1.29, 1.82) is 0 Å². The van der Waals surface area contributed by atoms with Crippen molar-refractivity contribution in [2.45, 2.75) is 13.0 Å². The van der Waals surface area contributed by atoms with Crippen molar-refractivity contribution in [2.75, 3.05) is 30.4 Å². The fraction of sp³-hybridized carbons (Fsp3) is 0.500. The summed E-state index contributed by atoms with van der Waals surface area (Å²) in [5, 5.41) is 0. The number of hydrogen-bond donors (Lipinski definition) is 2. The van der Waals surface area contributed by atoms with Crippen LogP contribution in [-0.4, -0.2) is 41.7 Å². The lowest BCUT2D eigenvalue weighted by Gasteiger charge is -2.34. The van der Waals surface area contributed by atoms with E-state index in [1.54, 1.807) is 17.9 Å². The van der Waals surface area contributed by atoms with Crippen LogP contribution in [0.1, 0.15) is 5.82 Å². The molecular formula is C10H15N5O2. The number of anilines is 2. The van der Waals surface area contributed by atoms with Crippen LogP contribution in [0, 0.1) is 6.92 Å². The third-order valence-corrected chi connectivity index (χ3v) is 2.60. The maximum atomic E-state index is 11.3. The molecule has 1 saturated heterocycles. The monoisotopic (exact) mass is 237 g/mol. The highest BCUT2D eigenvalue weighted by Crippen LogP contribution is 2.19. The molecule has 7 heteroatoms. The van der Waals surface area contributed by atoms with Gasteiger partial charge < -0.3 is 21.1 Å². The standard InChI is InChI=1S/C10H15N5O2/c1-6-13-8(11)4-9(14-6)15-2-3-17-5-7(15)10(12)16/h4,7H,2-3,5H2,1H3,(H2,12,16)(H2,11,13,14). The van der Waals surface area contributed by atoms with Crippen molar-refractivity contribution < 1.29 is 9.53 Å². The summed E-state index contributed by atoms with van der Waals surface area (Å²) in [5.41, 5.74) is 11.0. The zero-order chi connectivity index (χ0) is 12.4. The number of carbonyl (C=O) groups is 1. The number of ether oxygens (including phenoxy) is 1. The molecule has 1 atom stereocenters. The molecule has 1 amide bonds. The van der Waals surface area contributed by atoms with Gasteiger partial charge in [-0.05, 0) is 6.92 Å². The molecule has 1 aromatic heterocycles. The number of hydrogen-bond acceptors (Lipinski definition) is 6. The maximum Gasteiger partial charge on any atom is 0.242 e. The summed E-state index contributed by atoms with van der Waals surface area (Å²) in [7, 11) is 0. The number of morpholine rings is 1. The molecule has 7 nitrogen and oxygen atoms in total. The quantitative estimate of drug-likeness (QED) is 0.687. The molecule has 0 spiro atoms. The molecule has 1 aliphatic heterocycles. The van der Waals surface area contributed by atoms with Crippen molar-refractivity contribution in [3.05, 3.63) is 11.9 Å². The second-order valence-corrected chi connectivity index (χ2v) is 3.88. The number of amides is 1. The highest BCUT2D eigenvalue weighted by Gasteiger charge is 2.29. The van der Waals surface area contributed by atoms with Crippen molar-refractivity contribution >= 4 is 17.5 Å². The lowest BCUT2D eigenvalue weighted by Crippen LogP contribution is -2.53. The molecule has 1 aromatic rings. The molecule has 0 aromatic carbocycles. The molecule has 0 saturated carbocycles. The molecule has 4 N–H and O–H groups in total. The van der Waals surface area contributed by atoms with Gasteiger partial charge in [0.2, 0.25) is 5.91 Å². The molecular weight excluding hydrogens is 222 g/mol. The van der Waals surface area contributed by atoms with Gasteiger partial charge in [-0.25, -0.2) is 9.97 Å². The number of primary amides is 1. The van der Waals surface area contributed by atoms with Crippen LogP contribution in [0.15, 0.2) is 6.07 Å². The van der Waals surface area contributed by atoms with Gasteiger partial charge in [-0.3, -0.25) is 4.79 Å². The van der Waals surface area contributed by atoms with Crippen molar-refractivity contribution in [1.82, 2.24) is 9.97 Å². The summed E-state index contributed by atoms with van der Waals surface area (Å²) in [5.74, 6) is 1.12. The second-order valence-electron chi connectivity index (χ2n) is 3.88. The van der Waals surface area contributed by atoms with Gasteiger partial charge in [-0.1, -0.05) is 0 Å². The number of aromatic nitrogens is 2. The van der Waals surface area contributed by atoms with Crippen LogP contribution in [0.5, 0.6) is 0 Å². The summed E-state index contributed by atoms with van der Waals surface area (Å²) >= 11 is 0. The van der Waals surface area contributed by atoms with Crippen LogP contribution >= 0.6 is 0 Å². The van der Waals surface area contributed by atoms with E-state index in [0.29, 0.717) is 30.6 Å². The minimum Gasteiger partial charge on any atom is -0.384 e. The Balaban J connectivity index is 2.32. The summed E-state index contributed by atoms with van der Waals surface area (Å²) in [6.45, 7) is 3.12. The predicted molar refractivity (Wildman–Crippen MR) is 62.3 cm³/mol. The number of nitrogens with two attached hydrogens (primary N) is 2. The van der Waals surface area contributed by atoms with Gasteiger partial charge in [-0.15, -0.1) is 0 Å². The van der Waals surface area contributed by atoms with Gasteiger partial charge in [0.05, 0.1) is 13.2 Å². The maximum absolute atomic E-state index is 11.3. The lowest BCUT2D eigenvalue weighted by atomic mass is 10.2. The zero-order valence-corrected chi connectivity index (χ0v) is 9.59. The Bertz CT molecular complexity index is 416. The fourth-order valence-corrected chi connectivity index (χ4v) is 1.84. The molecule has 1 unspecified atom stereocenters. The summed E-state index contributed by atoms with van der Waals surface area (Å²) in [6, 6.07) is 1.13. The molecule has 92 valence electrons. The van der Waals surface area contributed by atoms with Gasteiger partial charge >= 0.3 is 0 Å². The Morgan fingerprint density at radius 3 is 3.00 bits per heavy atom. The van der Waals surface area contributed by atoms with E-state index in [2.05, 4.69) is 9.97 Å². The number of nitrogens with zero attached hydrogens (tertiary/aromatic N) is 3. The molecule has 1 aliphatic rings. The fourth-order valence-electron chi connectivity index (χ4n) is 1.84. The van der Waals surface area contributed by atoms with Gasteiger partial charge in [-0.2, -0.15) is 0 Å². The van der Waals surface area contributed by atoms with Crippen LogP contribution < -0.4 is 16.4 Å². The van der Waals surface area contributed by atoms with E-state index in [0.717, 1.165) is 0 Å². The Labute approximate surface area is 98.8 Å². The number of aryl methyl sites for hydroxylation is 1. The van der Waals surface area contributed by atoms with Gasteiger partial charge in [0.1, 0.15) is 23.5 Å². The molecule has 2 heterocycles. The van der Waals surface area contributed by atoms with E-state index in [9.17, 15) is 4.79 Å². The van der Waals surface area contributed by atoms with Crippen LogP contribution in [0.2, 0.25) is 0 Å². The van der Waals surface area contributed by atoms with E-state index in [1.807, 2.05) is 0 Å². The smallest absolute Gasteiger partial charge is 0.242 e. The first-order valence-electron chi connectivity index (χ1n) is 5.33. The van der Waals surface area contributed by atoms with Crippen LogP contribution in [0.3, 0.4) is 0 Å². The van der Waals surface area contributed by atoms with Crippen LogP contribution in [-0.2, 0) is 9.53 Å². The van der Waals surface area contributed by atoms with E-state index in [-0.39, 0.29) is 6.61 Å². The molecule has 0 aliphatic carbocycles. The number of nitrogen functional groups attached to an aromatic ring is 1. The van der Waals surface area contributed by atoms with Crippen molar-refractivity contribution in [2.24, 2.45) is 5.73 Å². The Morgan fingerprint density at radius 1 is 1.59 bits per heavy atom. The van der Waals surface area contributed by atoms with Crippen molar-refractivity contribution in [3.63, 3.8) is 0 Å². The summed E-state index contributed by atoms with van der Waals surface area (Å²) in [6.07, 6.45) is 0. The molecule has 17 heavy (non-hydrogen) atoms. The molecule has 1 fully saturated rings. The van der Waals surface area contributed by atoms with Gasteiger partial charge in [0.25, 0.3) is 0 Å².